The molecule has 0 aliphatic rings. The van der Waals surface area contributed by atoms with Gasteiger partial charge in [-0.1, -0.05) is 23.2 Å². The minimum atomic E-state index is -0.645. The first-order chi connectivity index (χ1) is 10.9. The number of urea groups is 1. The summed E-state index contributed by atoms with van der Waals surface area (Å²) in [5.41, 5.74) is 0.267. The highest BCUT2D eigenvalue weighted by atomic mass is 35.5. The number of amides is 2. The molecule has 0 bridgehead atoms. The van der Waals surface area contributed by atoms with E-state index >= 15 is 0 Å². The van der Waals surface area contributed by atoms with Gasteiger partial charge < -0.3 is 15.4 Å². The molecule has 0 unspecified atom stereocenters. The molecule has 2 N–H and O–H groups in total. The maximum absolute atomic E-state index is 12.0. The maximum atomic E-state index is 12.0. The molecule has 0 atom stereocenters. The van der Waals surface area contributed by atoms with Crippen molar-refractivity contribution in [2.24, 2.45) is 0 Å². The minimum Gasteiger partial charge on any atom is -0.495 e. The summed E-state index contributed by atoms with van der Waals surface area (Å²) in [7, 11) is 1.45. The molecule has 0 aromatic heterocycles. The Morgan fingerprint density at radius 2 is 1.83 bits per heavy atom. The first-order valence-corrected chi connectivity index (χ1v) is 7.02. The number of benzene rings is 2. The number of ether oxygens (including phenoxy) is 1. The van der Waals surface area contributed by atoms with E-state index in [0.717, 1.165) is 6.07 Å². The highest BCUT2D eigenvalue weighted by molar-refractivity contribution is 6.34. The molecule has 0 saturated heterocycles. The Morgan fingerprint density at radius 3 is 2.48 bits per heavy atom. The number of hydrogen-bond donors (Lipinski definition) is 2. The summed E-state index contributed by atoms with van der Waals surface area (Å²) in [6, 6.07) is 7.80. The maximum Gasteiger partial charge on any atom is 0.323 e. The molecule has 7 nitrogen and oxygen atoms in total. The molecule has 0 heterocycles. The lowest BCUT2D eigenvalue weighted by molar-refractivity contribution is -0.384. The second kappa shape index (κ2) is 7.17. The van der Waals surface area contributed by atoms with Gasteiger partial charge in [0.25, 0.3) is 5.69 Å². The third-order valence-electron chi connectivity index (χ3n) is 2.82. The van der Waals surface area contributed by atoms with Crippen LogP contribution in [-0.2, 0) is 0 Å². The number of hydrogen-bond acceptors (Lipinski definition) is 4. The Balaban J connectivity index is 2.19. The van der Waals surface area contributed by atoms with Crippen LogP contribution in [-0.4, -0.2) is 18.1 Å². The van der Waals surface area contributed by atoms with Crippen LogP contribution in [0.3, 0.4) is 0 Å². The molecule has 9 heteroatoms. The van der Waals surface area contributed by atoms with E-state index in [1.54, 1.807) is 12.1 Å². The molecule has 23 heavy (non-hydrogen) atoms. The topological polar surface area (TPSA) is 93.5 Å². The average molecular weight is 356 g/mol. The average Bonchev–Trinajstić information content (AvgIpc) is 2.49. The third kappa shape index (κ3) is 4.24. The molecule has 0 aliphatic carbocycles. The van der Waals surface area contributed by atoms with Gasteiger partial charge in [0.2, 0.25) is 0 Å². The lowest BCUT2D eigenvalue weighted by Crippen LogP contribution is -2.20. The lowest BCUT2D eigenvalue weighted by Gasteiger charge is -2.12. The van der Waals surface area contributed by atoms with Crippen molar-refractivity contribution in [1.82, 2.24) is 0 Å². The fraction of sp³-hybridized carbons (Fsp3) is 0.0714. The summed E-state index contributed by atoms with van der Waals surface area (Å²) < 4.78 is 5.11. The lowest BCUT2D eigenvalue weighted by atomic mass is 10.2. The first-order valence-electron chi connectivity index (χ1n) is 6.26. The standard InChI is InChI=1S/C14H11Cl2N3O4/c1-23-13-5-2-8(15)6-12(13)18-14(20)17-11-7-9(19(21)22)3-4-10(11)16/h2-7H,1H3,(H2,17,18,20). The Labute approximate surface area is 141 Å². The van der Waals surface area contributed by atoms with Gasteiger partial charge in [-0.25, -0.2) is 4.79 Å². The second-order valence-electron chi connectivity index (χ2n) is 4.34. The summed E-state index contributed by atoms with van der Waals surface area (Å²) in [5.74, 6) is 0.412. The molecular weight excluding hydrogens is 345 g/mol. The number of rotatable bonds is 4. The number of halogens is 2. The predicted molar refractivity (Wildman–Crippen MR) is 88.8 cm³/mol. The zero-order valence-electron chi connectivity index (χ0n) is 11.8. The van der Waals surface area contributed by atoms with Crippen molar-refractivity contribution >= 4 is 46.3 Å². The molecular formula is C14H11Cl2N3O4. The van der Waals surface area contributed by atoms with Crippen LogP contribution < -0.4 is 15.4 Å². The van der Waals surface area contributed by atoms with Crippen LogP contribution in [0.2, 0.25) is 10.0 Å². The third-order valence-corrected chi connectivity index (χ3v) is 3.38. The van der Waals surface area contributed by atoms with Gasteiger partial charge in [-0.2, -0.15) is 0 Å². The van der Waals surface area contributed by atoms with Crippen LogP contribution in [0.1, 0.15) is 0 Å². The molecule has 2 rings (SSSR count). The molecule has 2 amide bonds. The molecule has 120 valence electrons. The van der Waals surface area contributed by atoms with Crippen LogP contribution in [0.5, 0.6) is 5.75 Å². The quantitative estimate of drug-likeness (QED) is 0.621. The summed E-state index contributed by atoms with van der Waals surface area (Å²) in [5, 5.41) is 16.3. The van der Waals surface area contributed by atoms with Crippen LogP contribution in [0.4, 0.5) is 21.9 Å². The van der Waals surface area contributed by atoms with Gasteiger partial charge in [-0.05, 0) is 24.3 Å². The number of nitro groups is 1. The van der Waals surface area contributed by atoms with Crippen LogP contribution in [0.25, 0.3) is 0 Å². The SMILES string of the molecule is COc1ccc(Cl)cc1NC(=O)Nc1cc([N+](=O)[O-])ccc1Cl. The van der Waals surface area contributed by atoms with Gasteiger partial charge >= 0.3 is 6.03 Å². The molecule has 0 saturated carbocycles. The van der Waals surface area contributed by atoms with Gasteiger partial charge in [0.1, 0.15) is 5.75 Å². The second-order valence-corrected chi connectivity index (χ2v) is 5.19. The largest absolute Gasteiger partial charge is 0.495 e. The Kier molecular flexibility index (Phi) is 5.25. The van der Waals surface area contributed by atoms with E-state index in [0.29, 0.717) is 16.5 Å². The van der Waals surface area contributed by atoms with E-state index in [1.165, 1.54) is 25.3 Å². The monoisotopic (exact) mass is 355 g/mol. The first kappa shape index (κ1) is 16.9. The molecule has 0 spiro atoms. The van der Waals surface area contributed by atoms with Crippen molar-refractivity contribution in [3.8, 4) is 5.75 Å². The fourth-order valence-electron chi connectivity index (χ4n) is 1.78. The van der Waals surface area contributed by atoms with Gasteiger partial charge in [0.15, 0.2) is 0 Å². The van der Waals surface area contributed by atoms with Gasteiger partial charge in [0.05, 0.1) is 28.4 Å². The van der Waals surface area contributed by atoms with Crippen molar-refractivity contribution in [2.45, 2.75) is 0 Å². The van der Waals surface area contributed by atoms with Crippen molar-refractivity contribution in [2.75, 3.05) is 17.7 Å². The number of nitro benzene ring substituents is 1. The molecule has 2 aromatic carbocycles. The summed E-state index contributed by atoms with van der Waals surface area (Å²) in [6.45, 7) is 0. The van der Waals surface area contributed by atoms with Crippen LogP contribution in [0, 0.1) is 10.1 Å². The van der Waals surface area contributed by atoms with E-state index in [1.807, 2.05) is 0 Å². The Bertz CT molecular complexity index is 768. The van der Waals surface area contributed by atoms with Crippen LogP contribution in [0.15, 0.2) is 36.4 Å². The van der Waals surface area contributed by atoms with Crippen molar-refractivity contribution in [3.63, 3.8) is 0 Å². The highest BCUT2D eigenvalue weighted by Crippen LogP contribution is 2.29. The Morgan fingerprint density at radius 1 is 1.13 bits per heavy atom. The number of anilines is 2. The number of non-ortho nitro benzene ring substituents is 1. The summed E-state index contributed by atoms with van der Waals surface area (Å²) >= 11 is 11.8. The van der Waals surface area contributed by atoms with E-state index in [9.17, 15) is 14.9 Å². The smallest absolute Gasteiger partial charge is 0.323 e. The van der Waals surface area contributed by atoms with Gasteiger partial charge in [-0.15, -0.1) is 0 Å². The number of nitrogens with zero attached hydrogens (tertiary/aromatic N) is 1. The Hall–Kier alpha value is -2.51. The highest BCUT2D eigenvalue weighted by Gasteiger charge is 2.13. The normalized spacial score (nSPS) is 10.0. The van der Waals surface area contributed by atoms with Crippen LogP contribution >= 0.6 is 23.2 Å². The predicted octanol–water partition coefficient (Wildman–Crippen LogP) is 4.55. The van der Waals surface area contributed by atoms with Crippen molar-refractivity contribution in [1.29, 1.82) is 0 Å². The van der Waals surface area contributed by atoms with E-state index in [2.05, 4.69) is 10.6 Å². The van der Waals surface area contributed by atoms with Gasteiger partial charge in [-0.3, -0.25) is 10.1 Å². The van der Waals surface area contributed by atoms with E-state index in [-0.39, 0.29) is 16.4 Å². The zero-order chi connectivity index (χ0) is 17.0. The molecule has 0 fully saturated rings. The molecule has 2 aromatic rings. The van der Waals surface area contributed by atoms with Gasteiger partial charge in [0, 0.05) is 17.2 Å². The fourth-order valence-corrected chi connectivity index (χ4v) is 2.11. The summed E-state index contributed by atoms with van der Waals surface area (Å²) in [6.07, 6.45) is 0. The molecule has 0 radical (unpaired) electrons. The van der Waals surface area contributed by atoms with E-state index < -0.39 is 11.0 Å². The zero-order valence-corrected chi connectivity index (χ0v) is 13.3. The van der Waals surface area contributed by atoms with Crippen molar-refractivity contribution in [3.05, 3.63) is 56.6 Å². The minimum absolute atomic E-state index is 0.111. The number of methoxy groups -OCH3 is 1. The molecule has 0 aliphatic heterocycles. The summed E-state index contributed by atoms with van der Waals surface area (Å²) in [4.78, 5) is 22.2. The number of carbonyl (C=O) groups is 1. The van der Waals surface area contributed by atoms with Crippen molar-refractivity contribution < 1.29 is 14.5 Å². The number of carbonyl (C=O) groups excluding carboxylic acids is 1. The number of nitrogens with one attached hydrogen (secondary N) is 2. The van der Waals surface area contributed by atoms with E-state index in [4.69, 9.17) is 27.9 Å².